The van der Waals surface area contributed by atoms with Crippen LogP contribution in [0.3, 0.4) is 0 Å². The molecule has 0 spiro atoms. The second-order valence-electron chi connectivity index (χ2n) is 9.27. The number of allylic oxidation sites excluding steroid dienone is 1. The number of nitrogens with zero attached hydrogens (tertiary/aromatic N) is 1. The van der Waals surface area contributed by atoms with Gasteiger partial charge < -0.3 is 25.3 Å². The van der Waals surface area contributed by atoms with Crippen LogP contribution in [0.25, 0.3) is 0 Å². The molecular weight excluding hydrogens is 487 g/mol. The van der Waals surface area contributed by atoms with E-state index in [1.165, 1.54) is 12.1 Å². The Labute approximate surface area is 215 Å². The molecule has 0 aliphatic carbocycles. The van der Waals surface area contributed by atoms with Crippen molar-refractivity contribution in [2.75, 3.05) is 26.4 Å². The largest absolute Gasteiger partial charge is 0.461 e. The van der Waals surface area contributed by atoms with E-state index in [0.717, 1.165) is 49.8 Å². The van der Waals surface area contributed by atoms with Crippen LogP contribution in [0.15, 0.2) is 52.8 Å². The highest BCUT2D eigenvalue weighted by Gasteiger charge is 2.31. The van der Waals surface area contributed by atoms with Crippen molar-refractivity contribution in [1.29, 1.82) is 0 Å². The molecule has 3 rings (SSSR count). The number of amidine groups is 1. The molecule has 0 unspecified atom stereocenters. The first-order valence-corrected chi connectivity index (χ1v) is 12.7. The van der Waals surface area contributed by atoms with Gasteiger partial charge >= 0.3 is 12.1 Å². The van der Waals surface area contributed by atoms with Gasteiger partial charge in [0.15, 0.2) is 5.70 Å². The minimum absolute atomic E-state index is 0.0324. The van der Waals surface area contributed by atoms with Gasteiger partial charge in [-0.3, -0.25) is 0 Å². The Morgan fingerprint density at radius 1 is 1.19 bits per heavy atom. The summed E-state index contributed by atoms with van der Waals surface area (Å²) < 4.78 is 55.4. The predicted molar refractivity (Wildman–Crippen MR) is 135 cm³/mol. The lowest BCUT2D eigenvalue weighted by molar-refractivity contribution is -0.139. The molecule has 2 saturated heterocycles. The number of aliphatic imine (C=N–C) groups is 1. The Bertz CT molecular complexity index is 999. The summed E-state index contributed by atoms with van der Waals surface area (Å²) in [5.74, 6) is -0.173. The predicted octanol–water partition coefficient (Wildman–Crippen LogP) is 5.04. The third-order valence-electron chi connectivity index (χ3n) is 6.66. The lowest BCUT2D eigenvalue weighted by atomic mass is 9.97. The Kier molecular flexibility index (Phi) is 10.2. The van der Waals surface area contributed by atoms with Crippen molar-refractivity contribution < 1.29 is 32.2 Å². The van der Waals surface area contributed by atoms with Gasteiger partial charge in [-0.15, -0.1) is 0 Å². The van der Waals surface area contributed by atoms with Gasteiger partial charge in [-0.1, -0.05) is 18.7 Å². The minimum Gasteiger partial charge on any atom is -0.461 e. The van der Waals surface area contributed by atoms with E-state index in [4.69, 9.17) is 19.9 Å². The molecule has 2 aliphatic rings. The van der Waals surface area contributed by atoms with Gasteiger partial charge in [0.25, 0.3) is 0 Å². The molecule has 0 saturated carbocycles. The fourth-order valence-electron chi connectivity index (χ4n) is 4.39. The van der Waals surface area contributed by atoms with Crippen LogP contribution in [-0.4, -0.2) is 44.3 Å². The number of nitrogens with one attached hydrogen (secondary N) is 1. The van der Waals surface area contributed by atoms with Crippen LogP contribution in [0.2, 0.25) is 0 Å². The zero-order valence-electron chi connectivity index (χ0n) is 21.4. The summed E-state index contributed by atoms with van der Waals surface area (Å²) in [5, 5.41) is 3.22. The number of alkyl halides is 3. The van der Waals surface area contributed by atoms with Gasteiger partial charge in [-0.2, -0.15) is 13.2 Å². The monoisotopic (exact) mass is 523 g/mol. The molecule has 10 heteroatoms. The fraction of sp³-hybridized carbons (Fsp3) is 0.556. The maximum Gasteiger partial charge on any atom is 0.416 e. The van der Waals surface area contributed by atoms with Crippen molar-refractivity contribution in [2.24, 2.45) is 16.6 Å². The SMILES string of the molecule is C=C(NC[C@H]1CCC[C@@H](c2ccc(C(F)(F)F)cc2)O1)/C(C)=C(\N=C(/N)C1CCOCC1)C(=O)OCC. The second-order valence-corrected chi connectivity index (χ2v) is 9.27. The quantitative estimate of drug-likeness (QED) is 0.155. The molecule has 7 nitrogen and oxygen atoms in total. The molecular formula is C27H36F3N3O4. The van der Waals surface area contributed by atoms with Crippen molar-refractivity contribution in [2.45, 2.75) is 64.3 Å². The zero-order chi connectivity index (χ0) is 27.0. The molecule has 2 aliphatic heterocycles. The molecule has 0 aromatic heterocycles. The molecule has 1 aromatic rings. The summed E-state index contributed by atoms with van der Waals surface area (Å²) in [5.41, 5.74) is 7.39. The van der Waals surface area contributed by atoms with Crippen LogP contribution in [0, 0.1) is 5.92 Å². The molecule has 0 amide bonds. The molecule has 2 atom stereocenters. The maximum absolute atomic E-state index is 12.9. The Hall–Kier alpha value is -2.85. The smallest absolute Gasteiger partial charge is 0.416 e. The second kappa shape index (κ2) is 13.1. The van der Waals surface area contributed by atoms with E-state index >= 15 is 0 Å². The van der Waals surface area contributed by atoms with Crippen LogP contribution in [0.1, 0.15) is 63.2 Å². The number of esters is 1. The summed E-state index contributed by atoms with van der Waals surface area (Å²) >= 11 is 0. The van der Waals surface area contributed by atoms with Gasteiger partial charge in [0.05, 0.1) is 24.4 Å². The van der Waals surface area contributed by atoms with Crippen LogP contribution < -0.4 is 11.1 Å². The first kappa shape index (κ1) is 28.7. The number of hydrogen-bond acceptors (Lipinski definition) is 6. The molecule has 204 valence electrons. The molecule has 37 heavy (non-hydrogen) atoms. The third-order valence-corrected chi connectivity index (χ3v) is 6.66. The Morgan fingerprint density at radius 3 is 2.49 bits per heavy atom. The van der Waals surface area contributed by atoms with Crippen LogP contribution in [0.5, 0.6) is 0 Å². The van der Waals surface area contributed by atoms with E-state index in [0.29, 0.717) is 36.9 Å². The van der Waals surface area contributed by atoms with E-state index in [1.807, 2.05) is 0 Å². The zero-order valence-corrected chi connectivity index (χ0v) is 21.4. The van der Waals surface area contributed by atoms with Gasteiger partial charge in [0, 0.05) is 36.9 Å². The molecule has 3 N–H and O–H groups in total. The van der Waals surface area contributed by atoms with Crippen molar-refractivity contribution in [3.63, 3.8) is 0 Å². The van der Waals surface area contributed by atoms with Crippen molar-refractivity contribution in [3.8, 4) is 0 Å². The highest BCUT2D eigenvalue weighted by Crippen LogP contribution is 2.34. The Balaban J connectivity index is 1.65. The maximum atomic E-state index is 12.9. The fourth-order valence-corrected chi connectivity index (χ4v) is 4.39. The van der Waals surface area contributed by atoms with Crippen molar-refractivity contribution >= 4 is 11.8 Å². The minimum atomic E-state index is -4.37. The highest BCUT2D eigenvalue weighted by atomic mass is 19.4. The number of rotatable bonds is 9. The summed E-state index contributed by atoms with van der Waals surface area (Å²) in [6.07, 6.45) is -0.953. The van der Waals surface area contributed by atoms with Crippen LogP contribution in [0.4, 0.5) is 13.2 Å². The number of ether oxygens (including phenoxy) is 3. The lowest BCUT2D eigenvalue weighted by Gasteiger charge is -2.31. The summed E-state index contributed by atoms with van der Waals surface area (Å²) in [6.45, 7) is 9.33. The van der Waals surface area contributed by atoms with E-state index in [2.05, 4.69) is 16.9 Å². The summed E-state index contributed by atoms with van der Waals surface area (Å²) in [7, 11) is 0. The van der Waals surface area contributed by atoms with E-state index in [-0.39, 0.29) is 30.4 Å². The highest BCUT2D eigenvalue weighted by molar-refractivity contribution is 5.95. The average molecular weight is 524 g/mol. The van der Waals surface area contributed by atoms with E-state index < -0.39 is 17.7 Å². The lowest BCUT2D eigenvalue weighted by Crippen LogP contribution is -2.33. The number of nitrogens with two attached hydrogens (primary N) is 1. The number of carbonyl (C=O) groups is 1. The molecule has 2 fully saturated rings. The van der Waals surface area contributed by atoms with Crippen molar-refractivity contribution in [1.82, 2.24) is 5.32 Å². The normalized spacial score (nSPS) is 22.2. The van der Waals surface area contributed by atoms with E-state index in [1.54, 1.807) is 13.8 Å². The number of benzene rings is 1. The van der Waals surface area contributed by atoms with Gasteiger partial charge in [-0.05, 0) is 63.6 Å². The molecule has 2 heterocycles. The third kappa shape index (κ3) is 8.07. The summed E-state index contributed by atoms with van der Waals surface area (Å²) in [4.78, 5) is 17.1. The van der Waals surface area contributed by atoms with E-state index in [9.17, 15) is 18.0 Å². The summed E-state index contributed by atoms with van der Waals surface area (Å²) in [6, 6.07) is 5.11. The van der Waals surface area contributed by atoms with Crippen molar-refractivity contribution in [3.05, 3.63) is 58.9 Å². The topological polar surface area (TPSA) is 95.2 Å². The molecule has 0 bridgehead atoms. The van der Waals surface area contributed by atoms with Gasteiger partial charge in [-0.25, -0.2) is 9.79 Å². The number of halogens is 3. The first-order chi connectivity index (χ1) is 17.6. The standard InChI is InChI=1S/C27H36F3N3O4/c1-4-36-26(34)24(33-25(31)20-12-14-35-15-13-20)17(2)18(3)32-16-22-6-5-7-23(37-22)19-8-10-21(11-9-19)27(28,29)30/h8-11,20,22-23,32H,3-7,12-16H2,1-2H3,(H2,31,33)/b24-17-/t22-,23+/m1/s1. The molecule has 1 aromatic carbocycles. The van der Waals surface area contributed by atoms with Crippen LogP contribution in [-0.2, 0) is 25.2 Å². The molecule has 0 radical (unpaired) electrons. The number of carbonyl (C=O) groups excluding carboxylic acids is 1. The first-order valence-electron chi connectivity index (χ1n) is 12.7. The van der Waals surface area contributed by atoms with Crippen LogP contribution >= 0.6 is 0 Å². The van der Waals surface area contributed by atoms with Gasteiger partial charge in [0.1, 0.15) is 5.84 Å². The Morgan fingerprint density at radius 2 is 1.86 bits per heavy atom. The number of hydrogen-bond donors (Lipinski definition) is 2. The average Bonchev–Trinajstić information content (AvgIpc) is 2.90. The van der Waals surface area contributed by atoms with Gasteiger partial charge in [0.2, 0.25) is 0 Å².